The summed E-state index contributed by atoms with van der Waals surface area (Å²) in [6, 6.07) is 28.0. The quantitative estimate of drug-likeness (QED) is 0.350. The highest BCUT2D eigenvalue weighted by Crippen LogP contribution is 2.36. The van der Waals surface area contributed by atoms with Crippen molar-refractivity contribution in [2.24, 2.45) is 0 Å². The summed E-state index contributed by atoms with van der Waals surface area (Å²) in [7, 11) is 0. The van der Waals surface area contributed by atoms with Gasteiger partial charge in [0.25, 0.3) is 0 Å². The highest BCUT2D eigenvalue weighted by molar-refractivity contribution is 5.73. The van der Waals surface area contributed by atoms with Crippen molar-refractivity contribution >= 4 is 11.9 Å². The molecule has 2 heterocycles. The van der Waals surface area contributed by atoms with E-state index in [2.05, 4.69) is 5.32 Å². The topological polar surface area (TPSA) is 102 Å². The van der Waals surface area contributed by atoms with Crippen molar-refractivity contribution in [1.82, 2.24) is 5.32 Å². The van der Waals surface area contributed by atoms with Crippen LogP contribution in [0.15, 0.2) is 91.0 Å². The van der Waals surface area contributed by atoms with Crippen LogP contribution in [0.25, 0.3) is 0 Å². The maximum Gasteiger partial charge on any atom is 0.308 e. The molecule has 1 N–H and O–H groups in total. The molecular formula is C32H35NO8. The largest absolute Gasteiger partial charge is 0.461 e. The highest BCUT2D eigenvalue weighted by Gasteiger charge is 2.51. The first-order valence-electron chi connectivity index (χ1n) is 13.8. The lowest BCUT2D eigenvalue weighted by molar-refractivity contribution is -0.349. The Bertz CT molecular complexity index is 1240. The molecule has 0 aromatic heterocycles. The fraction of sp³-hybridized carbons (Fsp3) is 0.375. The number of esters is 1. The summed E-state index contributed by atoms with van der Waals surface area (Å²) in [6.45, 7) is 2.18. The van der Waals surface area contributed by atoms with Crippen LogP contribution in [0.5, 0.6) is 0 Å². The molecule has 0 unspecified atom stereocenters. The van der Waals surface area contributed by atoms with Crippen LogP contribution in [0.1, 0.15) is 36.3 Å². The van der Waals surface area contributed by atoms with E-state index in [1.807, 2.05) is 91.0 Å². The molecular weight excluding hydrogens is 526 g/mol. The van der Waals surface area contributed by atoms with E-state index in [4.69, 9.17) is 28.4 Å². The molecule has 0 spiro atoms. The van der Waals surface area contributed by atoms with Crippen molar-refractivity contribution in [2.75, 3.05) is 13.2 Å². The number of benzene rings is 3. The zero-order chi connectivity index (χ0) is 28.4. The van der Waals surface area contributed by atoms with Crippen molar-refractivity contribution in [3.63, 3.8) is 0 Å². The Morgan fingerprint density at radius 2 is 1.46 bits per heavy atom. The molecule has 9 nitrogen and oxygen atoms in total. The lowest BCUT2D eigenvalue weighted by Crippen LogP contribution is -2.67. The van der Waals surface area contributed by atoms with Crippen LogP contribution in [-0.2, 0) is 51.2 Å². The van der Waals surface area contributed by atoms with Gasteiger partial charge in [-0.25, -0.2) is 0 Å². The number of hydrogen-bond donors (Lipinski definition) is 1. The summed E-state index contributed by atoms with van der Waals surface area (Å²) < 4.78 is 36.6. The zero-order valence-electron chi connectivity index (χ0n) is 22.9. The summed E-state index contributed by atoms with van der Waals surface area (Å²) in [4.78, 5) is 24.8. The van der Waals surface area contributed by atoms with E-state index in [0.717, 1.165) is 16.7 Å². The monoisotopic (exact) mass is 561 g/mol. The van der Waals surface area contributed by atoms with Gasteiger partial charge in [0.1, 0.15) is 31.0 Å². The maximum atomic E-state index is 12.5. The van der Waals surface area contributed by atoms with Crippen molar-refractivity contribution in [3.05, 3.63) is 108 Å². The van der Waals surface area contributed by atoms with Gasteiger partial charge < -0.3 is 33.7 Å². The highest BCUT2D eigenvalue weighted by atomic mass is 16.7. The SMILES string of the molecule is CC(=O)N[C@@H]1[C@H](OCc2ccccc2)O[C@@H]2CO[C@H](c3ccccc3)O[C@@H]2[C@H]1OCCC(=O)OCc1ccccc1. The Morgan fingerprint density at radius 1 is 0.829 bits per heavy atom. The standard InChI is InChI=1S/C32H35NO8/c1-22(34)33-28-30(36-18-17-27(35)37-19-23-11-5-2-6-12-23)29-26(21-39-31(41-29)25-15-9-4-10-16-25)40-32(28)38-20-24-13-7-3-8-14-24/h2-16,26,28-32H,17-21H2,1H3,(H,33,34)/t26-,28+,29+,30+,31+,32-/m1/s1. The smallest absolute Gasteiger partial charge is 0.308 e. The summed E-state index contributed by atoms with van der Waals surface area (Å²) in [6.07, 6.45) is -3.24. The van der Waals surface area contributed by atoms with Crippen molar-refractivity contribution in [3.8, 4) is 0 Å². The first-order chi connectivity index (χ1) is 20.1. The van der Waals surface area contributed by atoms with Crippen molar-refractivity contribution in [2.45, 2.75) is 63.5 Å². The van der Waals surface area contributed by atoms with E-state index in [1.54, 1.807) is 0 Å². The lowest BCUT2D eigenvalue weighted by Gasteiger charge is -2.49. The summed E-state index contributed by atoms with van der Waals surface area (Å²) in [5.41, 5.74) is 2.71. The van der Waals surface area contributed by atoms with Crippen LogP contribution in [0.4, 0.5) is 0 Å². The molecule has 1 amide bonds. The Labute approximate surface area is 239 Å². The fourth-order valence-electron chi connectivity index (χ4n) is 4.92. The van der Waals surface area contributed by atoms with Gasteiger partial charge in [-0.05, 0) is 11.1 Å². The third-order valence-electron chi connectivity index (χ3n) is 6.90. The second kappa shape index (κ2) is 14.3. The molecule has 2 aliphatic rings. The lowest BCUT2D eigenvalue weighted by atomic mass is 9.95. The molecule has 6 atom stereocenters. The Kier molecular flexibility index (Phi) is 10.1. The van der Waals surface area contributed by atoms with Gasteiger partial charge in [-0.3, -0.25) is 9.59 Å². The van der Waals surface area contributed by atoms with E-state index in [9.17, 15) is 9.59 Å². The Hall–Kier alpha value is -3.60. The van der Waals surface area contributed by atoms with Crippen LogP contribution in [0, 0.1) is 0 Å². The molecule has 3 aromatic carbocycles. The third kappa shape index (κ3) is 8.00. The maximum absolute atomic E-state index is 12.5. The van der Waals surface area contributed by atoms with Gasteiger partial charge in [-0.15, -0.1) is 0 Å². The van der Waals surface area contributed by atoms with Crippen LogP contribution in [0.3, 0.4) is 0 Å². The first kappa shape index (κ1) is 28.9. The van der Waals surface area contributed by atoms with E-state index in [0.29, 0.717) is 0 Å². The summed E-state index contributed by atoms with van der Waals surface area (Å²) in [5.74, 6) is -0.659. The molecule has 3 aromatic rings. The van der Waals surface area contributed by atoms with E-state index >= 15 is 0 Å². The van der Waals surface area contributed by atoms with E-state index < -0.39 is 36.9 Å². The van der Waals surface area contributed by atoms with Crippen LogP contribution in [0.2, 0.25) is 0 Å². The Morgan fingerprint density at radius 3 is 2.12 bits per heavy atom. The van der Waals surface area contributed by atoms with Crippen LogP contribution >= 0.6 is 0 Å². The molecule has 5 rings (SSSR count). The molecule has 9 heteroatoms. The molecule has 2 aliphatic heterocycles. The number of hydrogen-bond acceptors (Lipinski definition) is 8. The average Bonchev–Trinajstić information content (AvgIpc) is 3.01. The average molecular weight is 562 g/mol. The number of fused-ring (bicyclic) bond motifs is 1. The second-order valence-corrected chi connectivity index (χ2v) is 9.97. The first-order valence-corrected chi connectivity index (χ1v) is 13.8. The normalized spacial score (nSPS) is 25.6. The van der Waals surface area contributed by atoms with Gasteiger partial charge >= 0.3 is 5.97 Å². The minimum Gasteiger partial charge on any atom is -0.461 e. The molecule has 0 aliphatic carbocycles. The molecule has 41 heavy (non-hydrogen) atoms. The number of nitrogens with one attached hydrogen (secondary N) is 1. The minimum absolute atomic E-state index is 0.0303. The molecule has 0 radical (unpaired) electrons. The molecule has 0 bridgehead atoms. The number of carbonyl (C=O) groups is 2. The van der Waals surface area contributed by atoms with Gasteiger partial charge in [0, 0.05) is 12.5 Å². The molecule has 2 fully saturated rings. The number of rotatable bonds is 11. The van der Waals surface area contributed by atoms with Crippen molar-refractivity contribution in [1.29, 1.82) is 0 Å². The molecule has 2 saturated heterocycles. The van der Waals surface area contributed by atoms with Gasteiger partial charge in [0.15, 0.2) is 12.6 Å². The number of carbonyl (C=O) groups excluding carboxylic acids is 2. The Balaban J connectivity index is 1.29. The van der Waals surface area contributed by atoms with Crippen molar-refractivity contribution < 1.29 is 38.0 Å². The third-order valence-corrected chi connectivity index (χ3v) is 6.90. The van der Waals surface area contributed by atoms with Gasteiger partial charge in [0.2, 0.25) is 5.91 Å². The second-order valence-electron chi connectivity index (χ2n) is 9.97. The van der Waals surface area contributed by atoms with Gasteiger partial charge in [-0.1, -0.05) is 91.0 Å². The zero-order valence-corrected chi connectivity index (χ0v) is 22.9. The van der Waals surface area contributed by atoms with Crippen LogP contribution in [-0.4, -0.2) is 55.7 Å². The number of ether oxygens (including phenoxy) is 6. The summed E-state index contributed by atoms with van der Waals surface area (Å²) in [5, 5.41) is 2.94. The molecule has 216 valence electrons. The van der Waals surface area contributed by atoms with E-state index in [-0.39, 0.29) is 44.7 Å². The van der Waals surface area contributed by atoms with E-state index in [1.165, 1.54) is 6.92 Å². The number of amides is 1. The van der Waals surface area contributed by atoms with Gasteiger partial charge in [0.05, 0.1) is 26.2 Å². The summed E-state index contributed by atoms with van der Waals surface area (Å²) >= 11 is 0. The predicted molar refractivity (Wildman–Crippen MR) is 148 cm³/mol. The molecule has 0 saturated carbocycles. The fourth-order valence-corrected chi connectivity index (χ4v) is 4.92. The predicted octanol–water partition coefficient (Wildman–Crippen LogP) is 4.07. The van der Waals surface area contributed by atoms with Crippen LogP contribution < -0.4 is 5.32 Å². The minimum atomic E-state index is -0.837. The van der Waals surface area contributed by atoms with Gasteiger partial charge in [-0.2, -0.15) is 0 Å².